The fourth-order valence-electron chi connectivity index (χ4n) is 1.84. The molecule has 0 aromatic heterocycles. The first-order chi connectivity index (χ1) is 11.7. The van der Waals surface area contributed by atoms with Crippen LogP contribution in [0.25, 0.3) is 0 Å². The zero-order chi connectivity index (χ0) is 17.2. The standard InChI is InChI=1S/C18H19BrN2O3/c1-2-10-23-17-9-4-3-6-14(17)12-20-21-18(22)13-24-16-8-5-7-15(19)11-16/h3-9,11-12H,2,10,13H2,1H3,(H,21,22). The van der Waals surface area contributed by atoms with Crippen LogP contribution in [0.5, 0.6) is 11.5 Å². The van der Waals surface area contributed by atoms with Gasteiger partial charge >= 0.3 is 0 Å². The number of carbonyl (C=O) groups excluding carboxylic acids is 1. The molecule has 0 unspecified atom stereocenters. The lowest BCUT2D eigenvalue weighted by Crippen LogP contribution is -2.24. The number of carbonyl (C=O) groups is 1. The van der Waals surface area contributed by atoms with Crippen LogP contribution in [-0.4, -0.2) is 25.3 Å². The van der Waals surface area contributed by atoms with Crippen molar-refractivity contribution in [2.24, 2.45) is 5.10 Å². The van der Waals surface area contributed by atoms with Crippen LogP contribution in [0.1, 0.15) is 18.9 Å². The molecule has 0 atom stereocenters. The van der Waals surface area contributed by atoms with E-state index in [-0.39, 0.29) is 12.5 Å². The summed E-state index contributed by atoms with van der Waals surface area (Å²) in [4.78, 5) is 11.8. The number of para-hydroxylation sites is 1. The second-order valence-electron chi connectivity index (χ2n) is 4.93. The van der Waals surface area contributed by atoms with E-state index in [1.54, 1.807) is 18.3 Å². The average molecular weight is 391 g/mol. The first kappa shape index (κ1) is 18.0. The monoisotopic (exact) mass is 390 g/mol. The molecule has 0 bridgehead atoms. The van der Waals surface area contributed by atoms with Gasteiger partial charge in [0.15, 0.2) is 6.61 Å². The molecule has 0 saturated carbocycles. The van der Waals surface area contributed by atoms with E-state index in [0.29, 0.717) is 12.4 Å². The largest absolute Gasteiger partial charge is 0.493 e. The molecule has 0 saturated heterocycles. The fraction of sp³-hybridized carbons (Fsp3) is 0.222. The molecule has 0 aliphatic carbocycles. The number of rotatable bonds is 8. The van der Waals surface area contributed by atoms with Crippen LogP contribution in [0.15, 0.2) is 58.1 Å². The van der Waals surface area contributed by atoms with E-state index < -0.39 is 0 Å². The van der Waals surface area contributed by atoms with Gasteiger partial charge in [0.1, 0.15) is 11.5 Å². The van der Waals surface area contributed by atoms with Gasteiger partial charge in [-0.15, -0.1) is 0 Å². The Bertz CT molecular complexity index is 704. The molecule has 2 aromatic rings. The summed E-state index contributed by atoms with van der Waals surface area (Å²) in [6.45, 7) is 2.57. The summed E-state index contributed by atoms with van der Waals surface area (Å²) in [5.74, 6) is 1.02. The van der Waals surface area contributed by atoms with E-state index in [9.17, 15) is 4.79 Å². The molecule has 0 radical (unpaired) electrons. The maximum absolute atomic E-state index is 11.8. The fourth-order valence-corrected chi connectivity index (χ4v) is 2.22. The number of hydrogen-bond acceptors (Lipinski definition) is 4. The Morgan fingerprint density at radius 3 is 2.83 bits per heavy atom. The van der Waals surface area contributed by atoms with Crippen molar-refractivity contribution < 1.29 is 14.3 Å². The number of ether oxygens (including phenoxy) is 2. The summed E-state index contributed by atoms with van der Waals surface area (Å²) < 4.78 is 11.9. The molecule has 0 heterocycles. The zero-order valence-corrected chi connectivity index (χ0v) is 15.0. The smallest absolute Gasteiger partial charge is 0.277 e. The lowest BCUT2D eigenvalue weighted by Gasteiger charge is -2.07. The zero-order valence-electron chi connectivity index (χ0n) is 13.4. The SMILES string of the molecule is CCCOc1ccccc1C=NNC(=O)COc1cccc(Br)c1. The first-order valence-corrected chi connectivity index (χ1v) is 8.40. The Balaban J connectivity index is 1.84. The minimum absolute atomic E-state index is 0.109. The minimum Gasteiger partial charge on any atom is -0.493 e. The van der Waals surface area contributed by atoms with Gasteiger partial charge in [0.25, 0.3) is 5.91 Å². The lowest BCUT2D eigenvalue weighted by atomic mass is 10.2. The highest BCUT2D eigenvalue weighted by molar-refractivity contribution is 9.10. The van der Waals surface area contributed by atoms with Crippen molar-refractivity contribution in [3.05, 3.63) is 58.6 Å². The third kappa shape index (κ3) is 6.04. The van der Waals surface area contributed by atoms with Crippen LogP contribution >= 0.6 is 15.9 Å². The summed E-state index contributed by atoms with van der Waals surface area (Å²) >= 11 is 3.35. The van der Waals surface area contributed by atoms with Gasteiger partial charge in [-0.1, -0.05) is 41.1 Å². The predicted octanol–water partition coefficient (Wildman–Crippen LogP) is 3.77. The number of amides is 1. The van der Waals surface area contributed by atoms with Gasteiger partial charge in [-0.3, -0.25) is 4.79 Å². The number of nitrogens with one attached hydrogen (secondary N) is 1. The summed E-state index contributed by atoms with van der Waals surface area (Å²) in [6, 6.07) is 14.8. The van der Waals surface area contributed by atoms with Crippen molar-refractivity contribution in [2.75, 3.05) is 13.2 Å². The van der Waals surface area contributed by atoms with Crippen molar-refractivity contribution in [1.29, 1.82) is 0 Å². The number of hydrazone groups is 1. The molecular weight excluding hydrogens is 372 g/mol. The van der Waals surface area contributed by atoms with E-state index in [2.05, 4.69) is 26.5 Å². The summed E-state index contributed by atoms with van der Waals surface area (Å²) in [7, 11) is 0. The number of hydrogen-bond donors (Lipinski definition) is 1. The Hall–Kier alpha value is -2.34. The molecule has 2 aromatic carbocycles. The Labute approximate surface area is 149 Å². The second kappa shape index (κ2) is 9.72. The number of halogens is 1. The highest BCUT2D eigenvalue weighted by atomic mass is 79.9. The highest BCUT2D eigenvalue weighted by Gasteiger charge is 2.03. The van der Waals surface area contributed by atoms with E-state index in [0.717, 1.165) is 22.2 Å². The molecule has 0 aliphatic rings. The van der Waals surface area contributed by atoms with E-state index in [1.807, 2.05) is 43.3 Å². The van der Waals surface area contributed by atoms with Crippen LogP contribution in [0.2, 0.25) is 0 Å². The Kier molecular flexibility index (Phi) is 7.29. The quantitative estimate of drug-likeness (QED) is 0.551. The minimum atomic E-state index is -0.335. The van der Waals surface area contributed by atoms with Crippen molar-refractivity contribution >= 4 is 28.1 Å². The molecule has 0 spiro atoms. The third-order valence-electron chi connectivity index (χ3n) is 2.94. The van der Waals surface area contributed by atoms with E-state index in [4.69, 9.17) is 9.47 Å². The summed E-state index contributed by atoms with van der Waals surface area (Å²) in [5, 5.41) is 3.95. The molecule has 6 heteroatoms. The van der Waals surface area contributed by atoms with Crippen LogP contribution in [0.4, 0.5) is 0 Å². The van der Waals surface area contributed by atoms with Crippen molar-refractivity contribution in [3.63, 3.8) is 0 Å². The third-order valence-corrected chi connectivity index (χ3v) is 3.43. The second-order valence-corrected chi connectivity index (χ2v) is 5.84. The van der Waals surface area contributed by atoms with Crippen LogP contribution in [0.3, 0.4) is 0 Å². The lowest BCUT2D eigenvalue weighted by molar-refractivity contribution is -0.123. The molecule has 1 amide bonds. The molecule has 1 N–H and O–H groups in total. The molecule has 24 heavy (non-hydrogen) atoms. The molecule has 126 valence electrons. The maximum Gasteiger partial charge on any atom is 0.277 e. The summed E-state index contributed by atoms with van der Waals surface area (Å²) in [6.07, 6.45) is 2.48. The van der Waals surface area contributed by atoms with Crippen LogP contribution in [0, 0.1) is 0 Å². The van der Waals surface area contributed by atoms with Gasteiger partial charge < -0.3 is 9.47 Å². The van der Waals surface area contributed by atoms with Crippen LogP contribution in [-0.2, 0) is 4.79 Å². The Morgan fingerprint density at radius 2 is 2.04 bits per heavy atom. The first-order valence-electron chi connectivity index (χ1n) is 7.61. The number of benzene rings is 2. The van der Waals surface area contributed by atoms with Gasteiger partial charge in [0.2, 0.25) is 0 Å². The van der Waals surface area contributed by atoms with Crippen molar-refractivity contribution in [2.45, 2.75) is 13.3 Å². The average Bonchev–Trinajstić information content (AvgIpc) is 2.59. The van der Waals surface area contributed by atoms with Gasteiger partial charge in [-0.2, -0.15) is 5.10 Å². The molecular formula is C18H19BrN2O3. The van der Waals surface area contributed by atoms with E-state index >= 15 is 0 Å². The molecule has 0 aliphatic heterocycles. The highest BCUT2D eigenvalue weighted by Crippen LogP contribution is 2.17. The topological polar surface area (TPSA) is 59.9 Å². The molecule has 2 rings (SSSR count). The predicted molar refractivity (Wildman–Crippen MR) is 97.6 cm³/mol. The van der Waals surface area contributed by atoms with E-state index in [1.165, 1.54) is 0 Å². The molecule has 0 fully saturated rings. The van der Waals surface area contributed by atoms with Gasteiger partial charge in [0, 0.05) is 10.0 Å². The Morgan fingerprint density at radius 1 is 1.21 bits per heavy atom. The number of nitrogens with zero attached hydrogens (tertiary/aromatic N) is 1. The van der Waals surface area contributed by atoms with Gasteiger partial charge in [-0.05, 0) is 36.8 Å². The molecule has 5 nitrogen and oxygen atoms in total. The normalized spacial score (nSPS) is 10.6. The maximum atomic E-state index is 11.8. The van der Waals surface area contributed by atoms with Crippen molar-refractivity contribution in [3.8, 4) is 11.5 Å². The van der Waals surface area contributed by atoms with Gasteiger partial charge in [-0.25, -0.2) is 5.43 Å². The van der Waals surface area contributed by atoms with Crippen LogP contribution < -0.4 is 14.9 Å². The van der Waals surface area contributed by atoms with Gasteiger partial charge in [0.05, 0.1) is 12.8 Å². The van der Waals surface area contributed by atoms with Crippen molar-refractivity contribution in [1.82, 2.24) is 5.43 Å². The summed E-state index contributed by atoms with van der Waals surface area (Å²) in [5.41, 5.74) is 3.24.